The van der Waals surface area contributed by atoms with Crippen molar-refractivity contribution < 1.29 is 9.32 Å². The fourth-order valence-electron chi connectivity index (χ4n) is 1.76. The zero-order valence-corrected chi connectivity index (χ0v) is 11.0. The van der Waals surface area contributed by atoms with Crippen LogP contribution in [0.3, 0.4) is 0 Å². The second kappa shape index (κ2) is 5.55. The maximum absolute atomic E-state index is 11.9. The van der Waals surface area contributed by atoms with E-state index in [4.69, 9.17) is 10.3 Å². The quantitative estimate of drug-likeness (QED) is 0.750. The molecule has 0 fully saturated rings. The van der Waals surface area contributed by atoms with Crippen molar-refractivity contribution in [2.45, 2.75) is 33.2 Å². The van der Waals surface area contributed by atoms with E-state index in [1.807, 2.05) is 6.92 Å². The van der Waals surface area contributed by atoms with Crippen LogP contribution in [0.4, 0.5) is 5.69 Å². The van der Waals surface area contributed by atoms with Crippen molar-refractivity contribution in [2.24, 2.45) is 0 Å². The molecule has 4 N–H and O–H groups in total. The molecule has 0 aliphatic rings. The summed E-state index contributed by atoms with van der Waals surface area (Å²) in [6, 6.07) is 1.76. The molecule has 0 spiro atoms. The first-order valence-electron chi connectivity index (χ1n) is 6.15. The van der Waals surface area contributed by atoms with Gasteiger partial charge in [-0.2, -0.15) is 5.10 Å². The number of amides is 1. The van der Waals surface area contributed by atoms with Gasteiger partial charge in [0.05, 0.1) is 17.9 Å². The molecule has 2 rings (SSSR count). The fourth-order valence-corrected chi connectivity index (χ4v) is 1.76. The van der Waals surface area contributed by atoms with Gasteiger partial charge in [0, 0.05) is 6.07 Å². The number of H-pyrrole nitrogens is 1. The molecule has 2 heterocycles. The molecule has 0 saturated heterocycles. The molecule has 0 aromatic carbocycles. The normalized spacial score (nSPS) is 10.6. The molecule has 102 valence electrons. The predicted molar refractivity (Wildman–Crippen MR) is 69.4 cm³/mol. The van der Waals surface area contributed by atoms with Gasteiger partial charge in [0.15, 0.2) is 5.69 Å². The van der Waals surface area contributed by atoms with Gasteiger partial charge in [-0.25, -0.2) is 0 Å². The number of nitrogens with two attached hydrogens (primary N) is 1. The molecule has 2 aromatic heterocycles. The molecule has 0 saturated carbocycles. The molecule has 19 heavy (non-hydrogen) atoms. The molecule has 0 radical (unpaired) electrons. The molecule has 0 atom stereocenters. The van der Waals surface area contributed by atoms with Gasteiger partial charge in [-0.05, 0) is 13.3 Å². The van der Waals surface area contributed by atoms with Crippen LogP contribution in [-0.2, 0) is 13.0 Å². The van der Waals surface area contributed by atoms with Crippen LogP contribution in [0.1, 0.15) is 41.0 Å². The van der Waals surface area contributed by atoms with Crippen molar-refractivity contribution in [1.29, 1.82) is 0 Å². The monoisotopic (exact) mass is 263 g/mol. The van der Waals surface area contributed by atoms with Crippen LogP contribution in [-0.4, -0.2) is 21.3 Å². The van der Waals surface area contributed by atoms with Crippen LogP contribution in [0, 0.1) is 6.92 Å². The SMILES string of the molecule is CCCc1[nH]nc(C(=O)NCc2cc(C)on2)c1N. The van der Waals surface area contributed by atoms with Crippen LogP contribution in [0.15, 0.2) is 10.6 Å². The van der Waals surface area contributed by atoms with E-state index in [2.05, 4.69) is 20.7 Å². The summed E-state index contributed by atoms with van der Waals surface area (Å²) in [5, 5.41) is 13.2. The van der Waals surface area contributed by atoms with E-state index in [1.54, 1.807) is 13.0 Å². The first-order valence-corrected chi connectivity index (χ1v) is 6.15. The van der Waals surface area contributed by atoms with Gasteiger partial charge >= 0.3 is 0 Å². The zero-order valence-electron chi connectivity index (χ0n) is 11.0. The van der Waals surface area contributed by atoms with Gasteiger partial charge in [0.1, 0.15) is 11.5 Å². The Bertz CT molecular complexity index is 572. The van der Waals surface area contributed by atoms with Gasteiger partial charge in [0.2, 0.25) is 0 Å². The average molecular weight is 263 g/mol. The number of aromatic amines is 1. The lowest BCUT2D eigenvalue weighted by molar-refractivity contribution is 0.0946. The van der Waals surface area contributed by atoms with E-state index in [-0.39, 0.29) is 18.1 Å². The minimum absolute atomic E-state index is 0.226. The van der Waals surface area contributed by atoms with Crippen molar-refractivity contribution >= 4 is 11.6 Å². The van der Waals surface area contributed by atoms with E-state index in [0.29, 0.717) is 17.1 Å². The summed E-state index contributed by atoms with van der Waals surface area (Å²) in [6.07, 6.45) is 1.71. The molecule has 0 aliphatic carbocycles. The first-order chi connectivity index (χ1) is 9.11. The van der Waals surface area contributed by atoms with Crippen molar-refractivity contribution in [3.05, 3.63) is 28.9 Å². The smallest absolute Gasteiger partial charge is 0.274 e. The zero-order chi connectivity index (χ0) is 13.8. The highest BCUT2D eigenvalue weighted by molar-refractivity contribution is 5.97. The standard InChI is InChI=1S/C12H17N5O2/c1-3-4-9-10(13)11(16-15-9)12(18)14-6-8-5-7(2)19-17-8/h5H,3-4,6,13H2,1-2H3,(H,14,18)(H,15,16). The van der Waals surface area contributed by atoms with Crippen molar-refractivity contribution in [3.63, 3.8) is 0 Å². The number of hydrogen-bond donors (Lipinski definition) is 3. The van der Waals surface area contributed by atoms with E-state index in [9.17, 15) is 4.79 Å². The molecule has 2 aromatic rings. The summed E-state index contributed by atoms with van der Waals surface area (Å²) >= 11 is 0. The van der Waals surface area contributed by atoms with Crippen molar-refractivity contribution in [2.75, 3.05) is 5.73 Å². The van der Waals surface area contributed by atoms with Crippen LogP contribution in [0.25, 0.3) is 0 Å². The van der Waals surface area contributed by atoms with Crippen molar-refractivity contribution in [3.8, 4) is 0 Å². The van der Waals surface area contributed by atoms with Gasteiger partial charge in [-0.3, -0.25) is 9.89 Å². The summed E-state index contributed by atoms with van der Waals surface area (Å²) in [5.74, 6) is 0.380. The highest BCUT2D eigenvalue weighted by Gasteiger charge is 2.16. The van der Waals surface area contributed by atoms with Crippen LogP contribution < -0.4 is 11.1 Å². The van der Waals surface area contributed by atoms with Gasteiger partial charge < -0.3 is 15.6 Å². The van der Waals surface area contributed by atoms with Gasteiger partial charge in [-0.15, -0.1) is 0 Å². The first kappa shape index (κ1) is 13.1. The Morgan fingerprint density at radius 3 is 3.00 bits per heavy atom. The Morgan fingerprint density at radius 1 is 1.58 bits per heavy atom. The molecule has 7 nitrogen and oxygen atoms in total. The number of hydrogen-bond acceptors (Lipinski definition) is 5. The number of anilines is 1. The number of rotatable bonds is 5. The average Bonchev–Trinajstić information content (AvgIpc) is 2.95. The minimum Gasteiger partial charge on any atom is -0.395 e. The highest BCUT2D eigenvalue weighted by atomic mass is 16.5. The van der Waals surface area contributed by atoms with Gasteiger partial charge in [-0.1, -0.05) is 18.5 Å². The highest BCUT2D eigenvalue weighted by Crippen LogP contribution is 2.15. The molecule has 7 heteroatoms. The molecule has 0 unspecified atom stereocenters. The lowest BCUT2D eigenvalue weighted by atomic mass is 10.2. The number of nitrogens with one attached hydrogen (secondary N) is 2. The Morgan fingerprint density at radius 2 is 2.37 bits per heavy atom. The fraction of sp³-hybridized carbons (Fsp3) is 0.417. The molecule has 0 aliphatic heterocycles. The van der Waals surface area contributed by atoms with E-state index in [0.717, 1.165) is 18.5 Å². The molecular weight excluding hydrogens is 246 g/mol. The number of nitrogens with zero attached hydrogens (tertiary/aromatic N) is 2. The van der Waals surface area contributed by atoms with Gasteiger partial charge in [0.25, 0.3) is 5.91 Å². The second-order valence-electron chi connectivity index (χ2n) is 4.33. The lowest BCUT2D eigenvalue weighted by Gasteiger charge is -2.01. The molecule has 0 bridgehead atoms. The van der Waals surface area contributed by atoms with Crippen LogP contribution in [0.2, 0.25) is 0 Å². The molecular formula is C12H17N5O2. The van der Waals surface area contributed by atoms with Crippen LogP contribution in [0.5, 0.6) is 0 Å². The number of carbonyl (C=O) groups excluding carboxylic acids is 1. The topological polar surface area (TPSA) is 110 Å². The summed E-state index contributed by atoms with van der Waals surface area (Å²) < 4.78 is 4.91. The second-order valence-corrected chi connectivity index (χ2v) is 4.33. The van der Waals surface area contributed by atoms with E-state index >= 15 is 0 Å². The van der Waals surface area contributed by atoms with E-state index < -0.39 is 0 Å². The summed E-state index contributed by atoms with van der Waals surface area (Å²) in [5.41, 5.74) is 7.97. The maximum atomic E-state index is 11.9. The third kappa shape index (κ3) is 2.93. The Balaban J connectivity index is 2.00. The largest absolute Gasteiger partial charge is 0.395 e. The Kier molecular flexibility index (Phi) is 3.84. The third-order valence-corrected chi connectivity index (χ3v) is 2.70. The van der Waals surface area contributed by atoms with Crippen LogP contribution >= 0.6 is 0 Å². The van der Waals surface area contributed by atoms with E-state index in [1.165, 1.54) is 0 Å². The number of nitrogen functional groups attached to an aromatic ring is 1. The predicted octanol–water partition coefficient (Wildman–Crippen LogP) is 1.17. The number of aryl methyl sites for hydroxylation is 2. The number of aromatic nitrogens is 3. The minimum atomic E-state index is -0.322. The number of carbonyl (C=O) groups is 1. The Hall–Kier alpha value is -2.31. The summed E-state index contributed by atoms with van der Waals surface area (Å²) in [6.45, 7) is 4.11. The van der Waals surface area contributed by atoms with Crippen molar-refractivity contribution in [1.82, 2.24) is 20.7 Å². The summed E-state index contributed by atoms with van der Waals surface area (Å²) in [7, 11) is 0. The lowest BCUT2D eigenvalue weighted by Crippen LogP contribution is -2.24. The Labute approximate surface area is 110 Å². The third-order valence-electron chi connectivity index (χ3n) is 2.70. The summed E-state index contributed by atoms with van der Waals surface area (Å²) in [4.78, 5) is 11.9. The molecule has 1 amide bonds. The maximum Gasteiger partial charge on any atom is 0.274 e.